The molecule has 0 aliphatic carbocycles. The van der Waals surface area contributed by atoms with Crippen LogP contribution in [0.3, 0.4) is 0 Å². The number of imidazole rings is 1. The first kappa shape index (κ1) is 16.9. The Kier molecular flexibility index (Phi) is 4.19. The Morgan fingerprint density at radius 1 is 1.32 bits per heavy atom. The second-order valence-corrected chi connectivity index (χ2v) is 5.64. The van der Waals surface area contributed by atoms with Crippen LogP contribution in [0.25, 0.3) is 11.0 Å². The number of hydrogen-bond donors (Lipinski definition) is 3. The van der Waals surface area contributed by atoms with Gasteiger partial charge in [-0.1, -0.05) is 12.1 Å². The van der Waals surface area contributed by atoms with E-state index in [2.05, 4.69) is 20.6 Å². The van der Waals surface area contributed by atoms with Crippen LogP contribution in [-0.2, 0) is 27.0 Å². The molecule has 3 amide bonds. The predicted octanol–water partition coefficient (Wildman–Crippen LogP) is 1.05. The molecule has 0 saturated carbocycles. The maximum atomic E-state index is 12.8. The number of para-hydroxylation sites is 1. The number of nitrogens with zero attached hydrogens (tertiary/aromatic N) is 1. The van der Waals surface area contributed by atoms with Gasteiger partial charge in [0.2, 0.25) is 23.5 Å². The molecule has 132 valence electrons. The van der Waals surface area contributed by atoms with E-state index >= 15 is 0 Å². The summed E-state index contributed by atoms with van der Waals surface area (Å²) in [6.45, 7) is 0. The number of aromatic amines is 1. The van der Waals surface area contributed by atoms with E-state index in [1.54, 1.807) is 0 Å². The lowest BCUT2D eigenvalue weighted by Crippen LogP contribution is -2.52. The molecule has 1 aromatic heterocycles. The Labute approximate surface area is 139 Å². The molecule has 0 bridgehead atoms. The number of nitrogens with one attached hydrogen (secondary N) is 3. The number of benzene rings is 1. The van der Waals surface area contributed by atoms with Crippen molar-refractivity contribution in [3.63, 3.8) is 0 Å². The Morgan fingerprint density at radius 3 is 2.76 bits per heavy atom. The average Bonchev–Trinajstić information content (AvgIpc) is 2.95. The van der Waals surface area contributed by atoms with E-state index < -0.39 is 35.8 Å². The monoisotopic (exact) mass is 354 g/mol. The van der Waals surface area contributed by atoms with Gasteiger partial charge in [-0.3, -0.25) is 19.7 Å². The summed E-state index contributed by atoms with van der Waals surface area (Å²) in [5, 5.41) is 4.59. The molecule has 1 saturated heterocycles. The highest BCUT2D eigenvalue weighted by atomic mass is 19.4. The molecule has 2 aromatic rings. The number of fused-ring (bicyclic) bond motifs is 1. The van der Waals surface area contributed by atoms with Crippen LogP contribution in [0.15, 0.2) is 18.2 Å². The van der Waals surface area contributed by atoms with Crippen molar-refractivity contribution >= 4 is 28.8 Å². The number of amides is 3. The maximum absolute atomic E-state index is 12.8. The lowest BCUT2D eigenvalue weighted by atomic mass is 10.0. The largest absolute Gasteiger partial charge is 0.449 e. The van der Waals surface area contributed by atoms with Crippen molar-refractivity contribution in [3.05, 3.63) is 29.6 Å². The number of imide groups is 1. The zero-order chi connectivity index (χ0) is 18.2. The van der Waals surface area contributed by atoms with E-state index in [9.17, 15) is 27.6 Å². The minimum atomic E-state index is -4.62. The summed E-state index contributed by atoms with van der Waals surface area (Å²) in [7, 11) is 0. The Bertz CT molecular complexity index is 859. The summed E-state index contributed by atoms with van der Waals surface area (Å²) in [4.78, 5) is 40.5. The third-order valence-electron chi connectivity index (χ3n) is 3.79. The van der Waals surface area contributed by atoms with Gasteiger partial charge in [-0.15, -0.1) is 0 Å². The zero-order valence-corrected chi connectivity index (χ0v) is 12.7. The van der Waals surface area contributed by atoms with Crippen LogP contribution in [0.2, 0.25) is 0 Å². The third-order valence-corrected chi connectivity index (χ3v) is 3.79. The van der Waals surface area contributed by atoms with Gasteiger partial charge in [-0.05, 0) is 18.1 Å². The molecule has 2 heterocycles. The first-order valence-corrected chi connectivity index (χ1v) is 7.42. The number of carbonyl (C=O) groups is 3. The molecule has 1 aromatic carbocycles. The Balaban J connectivity index is 1.76. The van der Waals surface area contributed by atoms with E-state index in [1.807, 2.05) is 0 Å². The highest BCUT2D eigenvalue weighted by Crippen LogP contribution is 2.29. The minimum Gasteiger partial charge on any atom is -0.344 e. The summed E-state index contributed by atoms with van der Waals surface area (Å²) in [5.41, 5.74) is 0.515. The predicted molar refractivity (Wildman–Crippen MR) is 79.1 cm³/mol. The fourth-order valence-electron chi connectivity index (χ4n) is 2.62. The van der Waals surface area contributed by atoms with E-state index in [-0.39, 0.29) is 30.3 Å². The molecule has 3 rings (SSSR count). The highest BCUT2D eigenvalue weighted by molar-refractivity contribution is 6.01. The van der Waals surface area contributed by atoms with Crippen LogP contribution in [0.4, 0.5) is 13.2 Å². The lowest BCUT2D eigenvalue weighted by Gasteiger charge is -2.21. The van der Waals surface area contributed by atoms with E-state index in [0.29, 0.717) is 5.56 Å². The van der Waals surface area contributed by atoms with Gasteiger partial charge in [0.1, 0.15) is 6.04 Å². The summed E-state index contributed by atoms with van der Waals surface area (Å²) < 4.78 is 38.3. The minimum absolute atomic E-state index is 0.0493. The van der Waals surface area contributed by atoms with Crippen molar-refractivity contribution in [2.45, 2.75) is 31.5 Å². The summed E-state index contributed by atoms with van der Waals surface area (Å²) in [6, 6.07) is 3.59. The van der Waals surface area contributed by atoms with Crippen LogP contribution >= 0.6 is 0 Å². The summed E-state index contributed by atoms with van der Waals surface area (Å²) in [5.74, 6) is -2.68. The SMILES string of the molecule is O=C1CCC(NC(=O)Cc2cccc3[nH]c(C(F)(F)F)nc23)C(=O)N1. The standard InChI is InChI=1S/C15H13F3N4O3/c16-15(17,18)14-20-8-3-1-2-7(12(8)22-14)6-11(24)19-9-4-5-10(23)21-13(9)25/h1-3,9H,4-6H2,(H,19,24)(H,20,22)(H,21,23,25). The molecule has 1 atom stereocenters. The first-order valence-electron chi connectivity index (χ1n) is 7.42. The second kappa shape index (κ2) is 6.19. The van der Waals surface area contributed by atoms with Gasteiger partial charge in [-0.25, -0.2) is 4.98 Å². The molecule has 3 N–H and O–H groups in total. The molecule has 7 nitrogen and oxygen atoms in total. The van der Waals surface area contributed by atoms with Crippen molar-refractivity contribution < 1.29 is 27.6 Å². The van der Waals surface area contributed by atoms with Gasteiger partial charge in [0, 0.05) is 6.42 Å². The Hall–Kier alpha value is -2.91. The van der Waals surface area contributed by atoms with Gasteiger partial charge in [-0.2, -0.15) is 13.2 Å². The normalized spacial score (nSPS) is 18.3. The quantitative estimate of drug-likeness (QED) is 0.717. The molecular formula is C15H13F3N4O3. The maximum Gasteiger partial charge on any atom is 0.449 e. The van der Waals surface area contributed by atoms with Crippen molar-refractivity contribution in [2.75, 3.05) is 0 Å². The summed E-state index contributed by atoms with van der Waals surface area (Å²) in [6.07, 6.45) is -4.57. The number of rotatable bonds is 3. The molecule has 1 aliphatic rings. The third kappa shape index (κ3) is 3.62. The van der Waals surface area contributed by atoms with Gasteiger partial charge in [0.15, 0.2) is 0 Å². The molecule has 1 aliphatic heterocycles. The van der Waals surface area contributed by atoms with Crippen molar-refractivity contribution in [1.82, 2.24) is 20.6 Å². The fraction of sp³-hybridized carbons (Fsp3) is 0.333. The number of piperidine rings is 1. The Morgan fingerprint density at radius 2 is 2.08 bits per heavy atom. The molecule has 1 unspecified atom stereocenters. The smallest absolute Gasteiger partial charge is 0.344 e. The number of alkyl halides is 3. The van der Waals surface area contributed by atoms with E-state index in [1.165, 1.54) is 18.2 Å². The average molecular weight is 354 g/mol. The molecule has 0 spiro atoms. The van der Waals surface area contributed by atoms with Gasteiger partial charge in [0.25, 0.3) is 0 Å². The number of aromatic nitrogens is 2. The van der Waals surface area contributed by atoms with Crippen LogP contribution in [0.1, 0.15) is 24.2 Å². The van der Waals surface area contributed by atoms with Crippen LogP contribution < -0.4 is 10.6 Å². The molecule has 0 radical (unpaired) electrons. The van der Waals surface area contributed by atoms with Crippen molar-refractivity contribution in [1.29, 1.82) is 0 Å². The van der Waals surface area contributed by atoms with Crippen LogP contribution in [0, 0.1) is 0 Å². The summed E-state index contributed by atoms with van der Waals surface area (Å²) >= 11 is 0. The molecular weight excluding hydrogens is 341 g/mol. The molecule has 10 heteroatoms. The number of hydrogen-bond acceptors (Lipinski definition) is 4. The lowest BCUT2D eigenvalue weighted by molar-refractivity contribution is -0.144. The van der Waals surface area contributed by atoms with E-state index in [4.69, 9.17) is 0 Å². The van der Waals surface area contributed by atoms with Crippen LogP contribution in [0.5, 0.6) is 0 Å². The van der Waals surface area contributed by atoms with Gasteiger partial charge in [0.05, 0.1) is 17.5 Å². The van der Waals surface area contributed by atoms with E-state index in [0.717, 1.165) is 0 Å². The molecule has 1 fully saturated rings. The fourth-order valence-corrected chi connectivity index (χ4v) is 2.62. The number of halogens is 3. The van der Waals surface area contributed by atoms with Gasteiger partial charge < -0.3 is 10.3 Å². The second-order valence-electron chi connectivity index (χ2n) is 5.64. The zero-order valence-electron chi connectivity index (χ0n) is 12.7. The topological polar surface area (TPSA) is 104 Å². The van der Waals surface area contributed by atoms with Crippen molar-refractivity contribution in [2.24, 2.45) is 0 Å². The van der Waals surface area contributed by atoms with Gasteiger partial charge >= 0.3 is 6.18 Å². The van der Waals surface area contributed by atoms with Crippen LogP contribution in [-0.4, -0.2) is 33.7 Å². The molecule has 25 heavy (non-hydrogen) atoms. The number of H-pyrrole nitrogens is 1. The highest BCUT2D eigenvalue weighted by Gasteiger charge is 2.35. The first-order chi connectivity index (χ1) is 11.7. The van der Waals surface area contributed by atoms with Crippen molar-refractivity contribution in [3.8, 4) is 0 Å². The number of carbonyl (C=O) groups excluding carboxylic acids is 3.